The molecule has 0 aliphatic heterocycles. The van der Waals surface area contributed by atoms with E-state index in [0.717, 1.165) is 0 Å². The van der Waals surface area contributed by atoms with Gasteiger partial charge in [-0.2, -0.15) is 5.10 Å². The number of amides is 2. The molecule has 0 spiro atoms. The fourth-order valence-corrected chi connectivity index (χ4v) is 2.60. The Hall–Kier alpha value is -4.15. The molecule has 156 valence electrons. The number of hydrogen-bond acceptors (Lipinski definition) is 7. The van der Waals surface area contributed by atoms with Gasteiger partial charge in [-0.25, -0.2) is 0 Å². The summed E-state index contributed by atoms with van der Waals surface area (Å²) in [6.07, 6.45) is 1.55. The SMILES string of the molecule is CCn1cc(NC(=O)c2ccc(COc3ccccc3[N+](=O)[O-])o2)c(C(=O)NC)n1. The molecule has 3 rings (SSSR count). The largest absolute Gasteiger partial charge is 0.479 e. The van der Waals surface area contributed by atoms with Crippen molar-refractivity contribution < 1.29 is 23.7 Å². The van der Waals surface area contributed by atoms with Gasteiger partial charge in [0.2, 0.25) is 0 Å². The summed E-state index contributed by atoms with van der Waals surface area (Å²) in [5.74, 6) is -0.632. The molecule has 3 aromatic rings. The number of hydrogen-bond donors (Lipinski definition) is 2. The van der Waals surface area contributed by atoms with E-state index >= 15 is 0 Å². The first-order valence-corrected chi connectivity index (χ1v) is 8.98. The van der Waals surface area contributed by atoms with Crippen LogP contribution in [0.3, 0.4) is 0 Å². The Balaban J connectivity index is 1.70. The number of rotatable bonds is 8. The van der Waals surface area contributed by atoms with Gasteiger partial charge in [0, 0.05) is 25.9 Å². The van der Waals surface area contributed by atoms with Crippen LogP contribution in [0, 0.1) is 10.1 Å². The summed E-state index contributed by atoms with van der Waals surface area (Å²) in [7, 11) is 1.47. The van der Waals surface area contributed by atoms with Crippen LogP contribution >= 0.6 is 0 Å². The number of aryl methyl sites for hydroxylation is 1. The second-order valence-electron chi connectivity index (χ2n) is 6.06. The molecule has 0 bridgehead atoms. The maximum Gasteiger partial charge on any atom is 0.310 e. The highest BCUT2D eigenvalue weighted by Gasteiger charge is 2.20. The standard InChI is InChI=1S/C19H19N5O6/c1-3-23-10-13(17(22-23)19(26)20-2)21-18(25)16-9-8-12(30-16)11-29-15-7-5-4-6-14(15)24(27)28/h4-10H,3,11H2,1-2H3,(H,20,26)(H,21,25). The van der Waals surface area contributed by atoms with Gasteiger partial charge in [0.15, 0.2) is 17.2 Å². The average Bonchev–Trinajstić information content (AvgIpc) is 3.39. The summed E-state index contributed by atoms with van der Waals surface area (Å²) in [5.41, 5.74) is 0.159. The lowest BCUT2D eigenvalue weighted by atomic mass is 10.3. The van der Waals surface area contributed by atoms with E-state index in [4.69, 9.17) is 9.15 Å². The van der Waals surface area contributed by atoms with Crippen LogP contribution < -0.4 is 15.4 Å². The zero-order valence-corrected chi connectivity index (χ0v) is 16.2. The number of aromatic nitrogens is 2. The molecule has 0 saturated heterocycles. The fourth-order valence-electron chi connectivity index (χ4n) is 2.60. The quantitative estimate of drug-likeness (QED) is 0.427. The smallest absolute Gasteiger partial charge is 0.310 e. The topological polar surface area (TPSA) is 142 Å². The molecule has 0 unspecified atom stereocenters. The van der Waals surface area contributed by atoms with E-state index in [1.807, 2.05) is 6.92 Å². The van der Waals surface area contributed by atoms with Crippen molar-refractivity contribution in [1.82, 2.24) is 15.1 Å². The van der Waals surface area contributed by atoms with Gasteiger partial charge in [0.1, 0.15) is 12.4 Å². The molecule has 0 radical (unpaired) electrons. The first kappa shape index (κ1) is 20.6. The number of nitro groups is 1. The Labute approximate surface area is 170 Å². The Morgan fingerprint density at radius 2 is 2.00 bits per heavy atom. The van der Waals surface area contributed by atoms with E-state index in [9.17, 15) is 19.7 Å². The summed E-state index contributed by atoms with van der Waals surface area (Å²) >= 11 is 0. The second kappa shape index (κ2) is 8.90. The molecule has 0 saturated carbocycles. The van der Waals surface area contributed by atoms with Gasteiger partial charge in [0.25, 0.3) is 11.8 Å². The van der Waals surface area contributed by atoms with Crippen LogP contribution in [0.15, 0.2) is 47.0 Å². The Kier molecular flexibility index (Phi) is 6.11. The molecule has 11 nitrogen and oxygen atoms in total. The van der Waals surface area contributed by atoms with Gasteiger partial charge in [-0.3, -0.25) is 24.4 Å². The highest BCUT2D eigenvalue weighted by Crippen LogP contribution is 2.27. The van der Waals surface area contributed by atoms with Crippen LogP contribution in [0.2, 0.25) is 0 Å². The minimum absolute atomic E-state index is 0.0109. The third kappa shape index (κ3) is 4.46. The normalized spacial score (nSPS) is 10.5. The minimum Gasteiger partial charge on any atom is -0.479 e. The Bertz CT molecular complexity index is 1090. The van der Waals surface area contributed by atoms with Crippen LogP contribution in [0.5, 0.6) is 5.75 Å². The van der Waals surface area contributed by atoms with Crippen LogP contribution in [-0.4, -0.2) is 33.6 Å². The van der Waals surface area contributed by atoms with E-state index in [0.29, 0.717) is 12.3 Å². The van der Waals surface area contributed by atoms with Gasteiger partial charge in [-0.1, -0.05) is 12.1 Å². The molecule has 0 aliphatic carbocycles. The lowest BCUT2D eigenvalue weighted by Crippen LogP contribution is -2.21. The summed E-state index contributed by atoms with van der Waals surface area (Å²) in [6, 6.07) is 8.92. The summed E-state index contributed by atoms with van der Waals surface area (Å²) in [5, 5.41) is 20.2. The number of carbonyl (C=O) groups is 2. The zero-order chi connectivity index (χ0) is 21.7. The van der Waals surface area contributed by atoms with E-state index in [1.54, 1.807) is 12.3 Å². The molecular formula is C19H19N5O6. The molecule has 2 N–H and O–H groups in total. The number of ether oxygens (including phenoxy) is 1. The van der Waals surface area contributed by atoms with Crippen LogP contribution in [0.25, 0.3) is 0 Å². The fraction of sp³-hybridized carbons (Fsp3) is 0.211. The van der Waals surface area contributed by atoms with E-state index in [2.05, 4.69) is 15.7 Å². The van der Waals surface area contributed by atoms with Crippen molar-refractivity contribution in [1.29, 1.82) is 0 Å². The van der Waals surface area contributed by atoms with Crippen molar-refractivity contribution in [3.8, 4) is 5.75 Å². The third-order valence-electron chi connectivity index (χ3n) is 4.09. The lowest BCUT2D eigenvalue weighted by Gasteiger charge is -2.05. The number of nitrogens with one attached hydrogen (secondary N) is 2. The van der Waals surface area contributed by atoms with Gasteiger partial charge in [0.05, 0.1) is 10.6 Å². The Morgan fingerprint density at radius 1 is 1.23 bits per heavy atom. The molecule has 2 aromatic heterocycles. The average molecular weight is 413 g/mol. The molecule has 2 amide bonds. The van der Waals surface area contributed by atoms with E-state index < -0.39 is 16.7 Å². The highest BCUT2D eigenvalue weighted by atomic mass is 16.6. The summed E-state index contributed by atoms with van der Waals surface area (Å²) in [4.78, 5) is 34.9. The van der Waals surface area contributed by atoms with Crippen molar-refractivity contribution in [3.63, 3.8) is 0 Å². The number of anilines is 1. The number of nitro benzene ring substituents is 1. The summed E-state index contributed by atoms with van der Waals surface area (Å²) < 4.78 is 12.4. The molecule has 2 heterocycles. The summed E-state index contributed by atoms with van der Waals surface area (Å²) in [6.45, 7) is 2.27. The first-order chi connectivity index (χ1) is 14.4. The number of furan rings is 1. The molecule has 1 aromatic carbocycles. The van der Waals surface area contributed by atoms with Crippen molar-refractivity contribution in [2.45, 2.75) is 20.1 Å². The van der Waals surface area contributed by atoms with Crippen LogP contribution in [-0.2, 0) is 13.2 Å². The Morgan fingerprint density at radius 3 is 2.70 bits per heavy atom. The first-order valence-electron chi connectivity index (χ1n) is 8.98. The van der Waals surface area contributed by atoms with Crippen molar-refractivity contribution >= 4 is 23.2 Å². The molecule has 11 heteroatoms. The van der Waals surface area contributed by atoms with E-state index in [-0.39, 0.29) is 35.2 Å². The number of benzene rings is 1. The molecule has 0 atom stereocenters. The third-order valence-corrected chi connectivity index (χ3v) is 4.09. The minimum atomic E-state index is -0.576. The highest BCUT2D eigenvalue weighted by molar-refractivity contribution is 6.06. The van der Waals surface area contributed by atoms with Crippen molar-refractivity contribution in [2.24, 2.45) is 0 Å². The molecular weight excluding hydrogens is 394 g/mol. The maximum atomic E-state index is 12.5. The number of nitrogens with zero attached hydrogens (tertiary/aromatic N) is 3. The van der Waals surface area contributed by atoms with Crippen molar-refractivity contribution in [2.75, 3.05) is 12.4 Å². The number of para-hydroxylation sites is 2. The predicted octanol–water partition coefficient (Wildman–Crippen LogP) is 2.60. The number of carbonyl (C=O) groups excluding carboxylic acids is 2. The van der Waals surface area contributed by atoms with Crippen molar-refractivity contribution in [3.05, 3.63) is 69.9 Å². The predicted molar refractivity (Wildman–Crippen MR) is 105 cm³/mol. The molecule has 0 fully saturated rings. The monoisotopic (exact) mass is 413 g/mol. The second-order valence-corrected chi connectivity index (χ2v) is 6.06. The lowest BCUT2D eigenvalue weighted by molar-refractivity contribution is -0.386. The zero-order valence-electron chi connectivity index (χ0n) is 16.2. The van der Waals surface area contributed by atoms with Gasteiger partial charge in [-0.05, 0) is 25.1 Å². The van der Waals surface area contributed by atoms with Gasteiger partial charge >= 0.3 is 5.69 Å². The maximum absolute atomic E-state index is 12.5. The van der Waals surface area contributed by atoms with Gasteiger partial charge in [-0.15, -0.1) is 0 Å². The molecule has 0 aliphatic rings. The molecule has 30 heavy (non-hydrogen) atoms. The van der Waals surface area contributed by atoms with Crippen LogP contribution in [0.1, 0.15) is 33.7 Å². The van der Waals surface area contributed by atoms with Crippen LogP contribution in [0.4, 0.5) is 11.4 Å². The van der Waals surface area contributed by atoms with Gasteiger partial charge < -0.3 is 19.8 Å². The van der Waals surface area contributed by atoms with E-state index in [1.165, 1.54) is 42.1 Å².